The second-order valence-electron chi connectivity index (χ2n) is 6.75. The predicted octanol–water partition coefficient (Wildman–Crippen LogP) is 2.04. The monoisotopic (exact) mass is 358 g/mol. The lowest BCUT2D eigenvalue weighted by atomic mass is 10.1. The Labute approximate surface area is 155 Å². The van der Waals surface area contributed by atoms with Gasteiger partial charge in [0.2, 0.25) is 0 Å². The van der Waals surface area contributed by atoms with Gasteiger partial charge in [0, 0.05) is 50.2 Å². The maximum Gasteiger partial charge on any atom is 0.255 e. The maximum absolute atomic E-state index is 12.6. The summed E-state index contributed by atoms with van der Waals surface area (Å²) in [6, 6.07) is 11.8. The summed E-state index contributed by atoms with van der Waals surface area (Å²) in [5, 5.41) is 4.61. The quantitative estimate of drug-likeness (QED) is 0.606. The highest BCUT2D eigenvalue weighted by atomic mass is 16.1. The van der Waals surface area contributed by atoms with Crippen molar-refractivity contribution in [3.8, 4) is 11.4 Å². The average molecular weight is 358 g/mol. The molecule has 0 atom stereocenters. The van der Waals surface area contributed by atoms with E-state index in [0.717, 1.165) is 41.0 Å². The van der Waals surface area contributed by atoms with Crippen molar-refractivity contribution in [3.63, 3.8) is 0 Å². The zero-order valence-electron chi connectivity index (χ0n) is 14.7. The molecule has 0 fully saturated rings. The Morgan fingerprint density at radius 1 is 1.19 bits per heavy atom. The molecule has 1 N–H and O–H groups in total. The molecule has 7 nitrogen and oxygen atoms in total. The minimum Gasteiger partial charge on any atom is -0.306 e. The van der Waals surface area contributed by atoms with Crippen LogP contribution in [0.5, 0.6) is 0 Å². The molecule has 5 rings (SSSR count). The Hall–Kier alpha value is -3.32. The zero-order valence-corrected chi connectivity index (χ0v) is 14.7. The molecule has 0 radical (unpaired) electrons. The number of rotatable bonds is 3. The maximum atomic E-state index is 12.6. The number of fused-ring (bicyclic) bond motifs is 2. The molecule has 0 bridgehead atoms. The van der Waals surface area contributed by atoms with Gasteiger partial charge in [0.25, 0.3) is 5.56 Å². The molecule has 0 aliphatic carbocycles. The molecule has 27 heavy (non-hydrogen) atoms. The van der Waals surface area contributed by atoms with E-state index in [1.807, 2.05) is 41.0 Å². The third-order valence-corrected chi connectivity index (χ3v) is 4.89. The molecule has 4 aromatic heterocycles. The Morgan fingerprint density at radius 3 is 3.00 bits per heavy atom. The van der Waals surface area contributed by atoms with Crippen LogP contribution in [-0.4, -0.2) is 36.0 Å². The third kappa shape index (κ3) is 3.02. The van der Waals surface area contributed by atoms with E-state index in [1.54, 1.807) is 12.4 Å². The van der Waals surface area contributed by atoms with Crippen LogP contribution in [0.4, 0.5) is 0 Å². The number of aromatic amines is 1. The first-order valence-corrected chi connectivity index (χ1v) is 8.94. The predicted molar refractivity (Wildman–Crippen MR) is 101 cm³/mol. The lowest BCUT2D eigenvalue weighted by Gasteiger charge is -2.26. The summed E-state index contributed by atoms with van der Waals surface area (Å²) in [6.07, 6.45) is 6.11. The Bertz CT molecular complexity index is 1130. The smallest absolute Gasteiger partial charge is 0.255 e. The number of H-pyrrole nitrogens is 1. The van der Waals surface area contributed by atoms with Crippen molar-refractivity contribution in [3.05, 3.63) is 82.3 Å². The first-order chi connectivity index (χ1) is 13.3. The standard InChI is InChI=1S/C20H18N6O/c27-20-17-13-25(12-15-10-16-5-1-2-8-26(16)24-15)9-6-18(17)22-19(23-20)14-4-3-7-21-11-14/h1-5,7-8,10-11H,6,9,12-13H2,(H,22,23,27). The second kappa shape index (κ2) is 6.44. The van der Waals surface area contributed by atoms with E-state index in [2.05, 4.69) is 31.0 Å². The van der Waals surface area contributed by atoms with Gasteiger partial charge in [-0.3, -0.25) is 14.7 Å². The van der Waals surface area contributed by atoms with Crippen molar-refractivity contribution >= 4 is 5.52 Å². The highest BCUT2D eigenvalue weighted by Gasteiger charge is 2.22. The van der Waals surface area contributed by atoms with Gasteiger partial charge in [-0.1, -0.05) is 6.07 Å². The number of pyridine rings is 2. The highest BCUT2D eigenvalue weighted by Crippen LogP contribution is 2.19. The van der Waals surface area contributed by atoms with E-state index in [9.17, 15) is 4.79 Å². The van der Waals surface area contributed by atoms with Crippen LogP contribution < -0.4 is 5.56 Å². The fraction of sp³-hybridized carbons (Fsp3) is 0.200. The summed E-state index contributed by atoms with van der Waals surface area (Å²) in [5.41, 5.74) is 4.45. The van der Waals surface area contributed by atoms with Crippen LogP contribution in [0.3, 0.4) is 0 Å². The van der Waals surface area contributed by atoms with Gasteiger partial charge < -0.3 is 4.98 Å². The van der Waals surface area contributed by atoms with Gasteiger partial charge >= 0.3 is 0 Å². The van der Waals surface area contributed by atoms with Gasteiger partial charge in [0.1, 0.15) is 5.82 Å². The van der Waals surface area contributed by atoms with Gasteiger partial charge in [-0.05, 0) is 30.3 Å². The van der Waals surface area contributed by atoms with Gasteiger partial charge in [0.05, 0.1) is 22.5 Å². The molecule has 134 valence electrons. The lowest BCUT2D eigenvalue weighted by molar-refractivity contribution is 0.238. The first-order valence-electron chi connectivity index (χ1n) is 8.94. The van der Waals surface area contributed by atoms with Crippen molar-refractivity contribution < 1.29 is 0 Å². The van der Waals surface area contributed by atoms with Gasteiger partial charge in [-0.15, -0.1) is 0 Å². The van der Waals surface area contributed by atoms with Gasteiger partial charge in [-0.2, -0.15) is 5.10 Å². The Morgan fingerprint density at radius 2 is 2.15 bits per heavy atom. The van der Waals surface area contributed by atoms with Gasteiger partial charge in [-0.25, -0.2) is 9.50 Å². The number of nitrogens with one attached hydrogen (secondary N) is 1. The topological polar surface area (TPSA) is 79.2 Å². The van der Waals surface area contributed by atoms with Crippen LogP contribution >= 0.6 is 0 Å². The van der Waals surface area contributed by atoms with Crippen LogP contribution in [0, 0.1) is 0 Å². The molecule has 1 aliphatic heterocycles. The molecule has 0 unspecified atom stereocenters. The molecule has 1 aliphatic rings. The molecule has 7 heteroatoms. The Kier molecular flexibility index (Phi) is 3.79. The van der Waals surface area contributed by atoms with Gasteiger partial charge in [0.15, 0.2) is 0 Å². The Balaban J connectivity index is 1.40. The van der Waals surface area contributed by atoms with Crippen molar-refractivity contribution in [1.29, 1.82) is 0 Å². The van der Waals surface area contributed by atoms with Crippen molar-refractivity contribution in [1.82, 2.24) is 29.5 Å². The lowest BCUT2D eigenvalue weighted by Crippen LogP contribution is -2.35. The molecule has 4 aromatic rings. The first kappa shape index (κ1) is 15.9. The summed E-state index contributed by atoms with van der Waals surface area (Å²) in [5.74, 6) is 0.584. The minimum atomic E-state index is -0.0708. The fourth-order valence-electron chi connectivity index (χ4n) is 3.55. The second-order valence-corrected chi connectivity index (χ2v) is 6.75. The SMILES string of the molecule is O=c1[nH]c(-c2cccnc2)nc2c1CN(Cc1cc3ccccn3n1)CC2. The summed E-state index contributed by atoms with van der Waals surface area (Å²) >= 11 is 0. The molecule has 0 spiro atoms. The molecule has 0 aromatic carbocycles. The number of hydrogen-bond acceptors (Lipinski definition) is 5. The summed E-state index contributed by atoms with van der Waals surface area (Å²) in [6.45, 7) is 2.15. The zero-order chi connectivity index (χ0) is 18.2. The third-order valence-electron chi connectivity index (χ3n) is 4.89. The normalized spacial score (nSPS) is 14.4. The largest absolute Gasteiger partial charge is 0.306 e. The molecular weight excluding hydrogens is 340 g/mol. The number of nitrogens with zero attached hydrogens (tertiary/aromatic N) is 5. The van der Waals surface area contributed by atoms with Crippen molar-refractivity contribution in [2.45, 2.75) is 19.5 Å². The highest BCUT2D eigenvalue weighted by molar-refractivity contribution is 5.53. The van der Waals surface area contributed by atoms with E-state index in [-0.39, 0.29) is 5.56 Å². The summed E-state index contributed by atoms with van der Waals surface area (Å²) in [7, 11) is 0. The average Bonchev–Trinajstić information content (AvgIpc) is 3.11. The summed E-state index contributed by atoms with van der Waals surface area (Å²) in [4.78, 5) is 26.6. The molecular formula is C20H18N6O. The van der Waals surface area contributed by atoms with E-state index >= 15 is 0 Å². The number of hydrogen-bond donors (Lipinski definition) is 1. The molecule has 0 saturated heterocycles. The van der Waals surface area contributed by atoms with Crippen LogP contribution in [0.1, 0.15) is 17.0 Å². The van der Waals surface area contributed by atoms with Crippen molar-refractivity contribution in [2.24, 2.45) is 0 Å². The van der Waals surface area contributed by atoms with Crippen LogP contribution in [0.25, 0.3) is 16.9 Å². The van der Waals surface area contributed by atoms with Crippen LogP contribution in [-0.2, 0) is 19.5 Å². The van der Waals surface area contributed by atoms with Crippen LogP contribution in [0.2, 0.25) is 0 Å². The number of aromatic nitrogens is 5. The van der Waals surface area contributed by atoms with E-state index in [1.165, 1.54) is 0 Å². The van der Waals surface area contributed by atoms with E-state index in [0.29, 0.717) is 18.9 Å². The molecule has 0 amide bonds. The molecule has 5 heterocycles. The van der Waals surface area contributed by atoms with Crippen LogP contribution in [0.15, 0.2) is 59.8 Å². The van der Waals surface area contributed by atoms with E-state index in [4.69, 9.17) is 0 Å². The van der Waals surface area contributed by atoms with E-state index < -0.39 is 0 Å². The summed E-state index contributed by atoms with van der Waals surface area (Å²) < 4.78 is 1.88. The minimum absolute atomic E-state index is 0.0708. The molecule has 0 saturated carbocycles. The fourth-order valence-corrected chi connectivity index (χ4v) is 3.55. The van der Waals surface area contributed by atoms with Crippen molar-refractivity contribution in [2.75, 3.05) is 6.54 Å².